The van der Waals surface area contributed by atoms with Crippen molar-refractivity contribution in [2.24, 2.45) is 10.9 Å². The maximum absolute atomic E-state index is 13.5. The van der Waals surface area contributed by atoms with E-state index in [0.29, 0.717) is 49.2 Å². The summed E-state index contributed by atoms with van der Waals surface area (Å²) in [6, 6.07) is 4.45. The zero-order chi connectivity index (χ0) is 19.4. The Morgan fingerprint density at radius 1 is 1.15 bits per heavy atom. The van der Waals surface area contributed by atoms with Crippen LogP contribution in [-0.2, 0) is 4.74 Å². The van der Waals surface area contributed by atoms with Gasteiger partial charge in [-0.15, -0.1) is 24.0 Å². The summed E-state index contributed by atoms with van der Waals surface area (Å²) in [4.78, 5) is 16.1. The van der Waals surface area contributed by atoms with Crippen LogP contribution in [0.25, 0.3) is 0 Å². The third-order valence-corrected chi connectivity index (χ3v) is 3.74. The molecule has 3 N–H and O–H groups in total. The number of carbonyl (C=O) groups is 1. The molecular weight excluding hydrogens is 462 g/mol. The Morgan fingerprint density at radius 2 is 1.81 bits per heavy atom. The molecule has 0 heterocycles. The van der Waals surface area contributed by atoms with Gasteiger partial charge >= 0.3 is 0 Å². The lowest BCUT2D eigenvalue weighted by Gasteiger charge is -2.13. The minimum atomic E-state index is -0.379. The van der Waals surface area contributed by atoms with E-state index in [9.17, 15) is 9.18 Å². The van der Waals surface area contributed by atoms with Crippen molar-refractivity contribution >= 4 is 35.8 Å². The smallest absolute Gasteiger partial charge is 0.251 e. The fraction of sp³-hybridized carbons (Fsp3) is 0.579. The Bertz CT molecular complexity index is 597. The van der Waals surface area contributed by atoms with Gasteiger partial charge in [0.15, 0.2) is 5.96 Å². The standard InChI is InChI=1S/C19H31FN4O2.HI/c1-14(2)7-11-26-12-10-24-19(21-4)23-9-8-22-18(25)16-6-5-15(3)17(20)13-16;/h5-6,13-14H,7-12H2,1-4H3,(H,22,25)(H2,21,23,24);1H. The molecule has 1 aromatic rings. The molecule has 0 spiro atoms. The molecule has 154 valence electrons. The summed E-state index contributed by atoms with van der Waals surface area (Å²) in [5.74, 6) is 0.611. The second-order valence-electron chi connectivity index (χ2n) is 6.44. The summed E-state index contributed by atoms with van der Waals surface area (Å²) in [6.45, 7) is 8.94. The number of rotatable bonds is 10. The predicted molar refractivity (Wildman–Crippen MR) is 119 cm³/mol. The highest BCUT2D eigenvalue weighted by atomic mass is 127. The molecule has 0 atom stereocenters. The molecule has 0 radical (unpaired) electrons. The lowest BCUT2D eigenvalue weighted by molar-refractivity contribution is 0.0954. The molecule has 0 aliphatic rings. The van der Waals surface area contributed by atoms with Crippen LogP contribution in [0, 0.1) is 18.7 Å². The number of hydrogen-bond acceptors (Lipinski definition) is 3. The van der Waals surface area contributed by atoms with Gasteiger partial charge < -0.3 is 20.7 Å². The van der Waals surface area contributed by atoms with Crippen LogP contribution in [0.5, 0.6) is 0 Å². The second-order valence-corrected chi connectivity index (χ2v) is 6.44. The topological polar surface area (TPSA) is 74.8 Å². The van der Waals surface area contributed by atoms with Crippen LogP contribution >= 0.6 is 24.0 Å². The molecule has 0 aliphatic carbocycles. The molecule has 0 aromatic heterocycles. The number of nitrogens with zero attached hydrogens (tertiary/aromatic N) is 1. The van der Waals surface area contributed by atoms with Crippen molar-refractivity contribution in [1.29, 1.82) is 0 Å². The van der Waals surface area contributed by atoms with E-state index in [1.807, 2.05) is 0 Å². The average Bonchev–Trinajstić information content (AvgIpc) is 2.61. The molecule has 0 unspecified atom stereocenters. The van der Waals surface area contributed by atoms with Gasteiger partial charge in [0.1, 0.15) is 5.82 Å². The lowest BCUT2D eigenvalue weighted by atomic mass is 10.1. The number of amides is 1. The molecule has 1 amide bonds. The second kappa shape index (κ2) is 14.6. The summed E-state index contributed by atoms with van der Waals surface area (Å²) < 4.78 is 19.0. The fourth-order valence-corrected chi connectivity index (χ4v) is 2.08. The Kier molecular flexibility index (Phi) is 13.8. The highest BCUT2D eigenvalue weighted by Gasteiger charge is 2.07. The molecule has 0 saturated heterocycles. The van der Waals surface area contributed by atoms with E-state index in [-0.39, 0.29) is 35.7 Å². The third-order valence-electron chi connectivity index (χ3n) is 3.74. The molecular formula is C19H32FIN4O2. The number of aliphatic imine (C=N–C) groups is 1. The Hall–Kier alpha value is -1.42. The lowest BCUT2D eigenvalue weighted by Crippen LogP contribution is -2.42. The minimum absolute atomic E-state index is 0. The van der Waals surface area contributed by atoms with Gasteiger partial charge in [-0.3, -0.25) is 9.79 Å². The van der Waals surface area contributed by atoms with Gasteiger partial charge in [0, 0.05) is 38.9 Å². The van der Waals surface area contributed by atoms with Crippen LogP contribution in [0.15, 0.2) is 23.2 Å². The van der Waals surface area contributed by atoms with E-state index in [1.54, 1.807) is 26.1 Å². The Labute approximate surface area is 178 Å². The Balaban J connectivity index is 0.00000676. The average molecular weight is 494 g/mol. The fourth-order valence-electron chi connectivity index (χ4n) is 2.08. The largest absolute Gasteiger partial charge is 0.380 e. The van der Waals surface area contributed by atoms with Crippen molar-refractivity contribution in [2.45, 2.75) is 27.2 Å². The monoisotopic (exact) mass is 494 g/mol. The molecule has 0 saturated carbocycles. The maximum atomic E-state index is 13.5. The van der Waals surface area contributed by atoms with E-state index in [4.69, 9.17) is 4.74 Å². The number of guanidine groups is 1. The Morgan fingerprint density at radius 3 is 2.44 bits per heavy atom. The van der Waals surface area contributed by atoms with E-state index < -0.39 is 0 Å². The number of aryl methyl sites for hydroxylation is 1. The first-order valence-electron chi connectivity index (χ1n) is 9.00. The molecule has 27 heavy (non-hydrogen) atoms. The van der Waals surface area contributed by atoms with Crippen molar-refractivity contribution in [1.82, 2.24) is 16.0 Å². The molecule has 0 bridgehead atoms. The minimum Gasteiger partial charge on any atom is -0.380 e. The molecule has 1 rings (SSSR count). The van der Waals surface area contributed by atoms with Crippen LogP contribution in [0.3, 0.4) is 0 Å². The van der Waals surface area contributed by atoms with Gasteiger partial charge in [-0.05, 0) is 37.0 Å². The number of halogens is 2. The molecule has 1 aromatic carbocycles. The van der Waals surface area contributed by atoms with Crippen LogP contribution in [0.4, 0.5) is 4.39 Å². The SMILES string of the molecule is CN=C(NCCNC(=O)c1ccc(C)c(F)c1)NCCOCCC(C)C.I. The van der Waals surface area contributed by atoms with Crippen molar-refractivity contribution in [3.63, 3.8) is 0 Å². The first-order valence-corrected chi connectivity index (χ1v) is 9.00. The highest BCUT2D eigenvalue weighted by molar-refractivity contribution is 14.0. The summed E-state index contributed by atoms with van der Waals surface area (Å²) in [6.07, 6.45) is 1.05. The molecule has 8 heteroatoms. The summed E-state index contributed by atoms with van der Waals surface area (Å²) >= 11 is 0. The van der Waals surface area contributed by atoms with Gasteiger partial charge in [0.25, 0.3) is 5.91 Å². The number of ether oxygens (including phenoxy) is 1. The number of benzene rings is 1. The molecule has 0 fully saturated rings. The van der Waals surface area contributed by atoms with Gasteiger partial charge in [-0.2, -0.15) is 0 Å². The number of hydrogen-bond donors (Lipinski definition) is 3. The van der Waals surface area contributed by atoms with E-state index in [1.165, 1.54) is 6.07 Å². The summed E-state index contributed by atoms with van der Waals surface area (Å²) in [5.41, 5.74) is 0.834. The zero-order valence-electron chi connectivity index (χ0n) is 16.6. The van der Waals surface area contributed by atoms with Crippen LogP contribution in [0.1, 0.15) is 36.2 Å². The zero-order valence-corrected chi connectivity index (χ0v) is 18.9. The van der Waals surface area contributed by atoms with E-state index in [2.05, 4.69) is 34.8 Å². The van der Waals surface area contributed by atoms with E-state index >= 15 is 0 Å². The van der Waals surface area contributed by atoms with Gasteiger partial charge in [0.05, 0.1) is 6.61 Å². The van der Waals surface area contributed by atoms with Gasteiger partial charge in [-0.1, -0.05) is 19.9 Å². The predicted octanol–water partition coefficient (Wildman–Crippen LogP) is 2.71. The van der Waals surface area contributed by atoms with Crippen molar-refractivity contribution in [2.75, 3.05) is 39.9 Å². The quantitative estimate of drug-likeness (QED) is 0.203. The normalized spacial score (nSPS) is 11.1. The highest BCUT2D eigenvalue weighted by Crippen LogP contribution is 2.08. The number of carbonyl (C=O) groups excluding carboxylic acids is 1. The summed E-state index contributed by atoms with van der Waals surface area (Å²) in [5, 5.41) is 8.99. The molecule has 6 nitrogen and oxygen atoms in total. The first kappa shape index (κ1) is 25.6. The maximum Gasteiger partial charge on any atom is 0.251 e. The van der Waals surface area contributed by atoms with E-state index in [0.717, 1.165) is 13.0 Å². The van der Waals surface area contributed by atoms with Crippen LogP contribution in [0.2, 0.25) is 0 Å². The van der Waals surface area contributed by atoms with Crippen molar-refractivity contribution in [3.8, 4) is 0 Å². The summed E-state index contributed by atoms with van der Waals surface area (Å²) in [7, 11) is 1.68. The first-order chi connectivity index (χ1) is 12.4. The van der Waals surface area contributed by atoms with Crippen molar-refractivity contribution in [3.05, 3.63) is 35.1 Å². The van der Waals surface area contributed by atoms with Gasteiger partial charge in [-0.25, -0.2) is 4.39 Å². The van der Waals surface area contributed by atoms with Crippen molar-refractivity contribution < 1.29 is 13.9 Å². The van der Waals surface area contributed by atoms with Crippen LogP contribution in [-0.4, -0.2) is 51.8 Å². The molecule has 0 aliphatic heterocycles. The van der Waals surface area contributed by atoms with Gasteiger partial charge in [0.2, 0.25) is 0 Å². The van der Waals surface area contributed by atoms with Crippen LogP contribution < -0.4 is 16.0 Å². The third kappa shape index (κ3) is 11.1. The number of nitrogens with one attached hydrogen (secondary N) is 3.